The fourth-order valence-corrected chi connectivity index (χ4v) is 2.79. The van der Waals surface area contributed by atoms with Gasteiger partial charge in [-0.15, -0.1) is 0 Å². The van der Waals surface area contributed by atoms with Gasteiger partial charge >= 0.3 is 0 Å². The lowest BCUT2D eigenvalue weighted by Gasteiger charge is -2.19. The number of nitrogens with one attached hydrogen (secondary N) is 1. The van der Waals surface area contributed by atoms with Gasteiger partial charge in [-0.2, -0.15) is 0 Å². The summed E-state index contributed by atoms with van der Waals surface area (Å²) in [5.41, 5.74) is 0.394. The van der Waals surface area contributed by atoms with Gasteiger partial charge < -0.3 is 24.3 Å². The van der Waals surface area contributed by atoms with Crippen molar-refractivity contribution in [2.24, 2.45) is 0 Å². The van der Waals surface area contributed by atoms with E-state index in [4.69, 9.17) is 18.9 Å². The van der Waals surface area contributed by atoms with Crippen molar-refractivity contribution in [3.8, 4) is 23.0 Å². The van der Waals surface area contributed by atoms with E-state index in [2.05, 4.69) is 19.2 Å². The monoisotopic (exact) mass is 323 g/mol. The lowest BCUT2D eigenvalue weighted by molar-refractivity contribution is 0.0928. The zero-order valence-corrected chi connectivity index (χ0v) is 14.2. The third-order valence-electron chi connectivity index (χ3n) is 3.84. The standard InChI is InChI=1S/C17H25NO5/c1-5-7-11(8-6-2)18-17(19)12-9-13(20-3)15-16(14(12)21-4)23-10-22-15/h9,11H,5-8,10H2,1-4H3,(H,18,19). The van der Waals surface area contributed by atoms with E-state index in [1.165, 1.54) is 14.2 Å². The maximum atomic E-state index is 12.7. The predicted molar refractivity (Wildman–Crippen MR) is 86.7 cm³/mol. The van der Waals surface area contributed by atoms with Crippen molar-refractivity contribution in [1.29, 1.82) is 0 Å². The molecular weight excluding hydrogens is 298 g/mol. The third-order valence-corrected chi connectivity index (χ3v) is 3.84. The molecule has 0 unspecified atom stereocenters. The lowest BCUT2D eigenvalue weighted by atomic mass is 10.1. The number of hydrogen-bond donors (Lipinski definition) is 1. The topological polar surface area (TPSA) is 66.0 Å². The molecule has 128 valence electrons. The van der Waals surface area contributed by atoms with Crippen LogP contribution in [0.5, 0.6) is 23.0 Å². The molecule has 1 amide bonds. The Bertz CT molecular complexity index is 552. The Morgan fingerprint density at radius 1 is 1.17 bits per heavy atom. The summed E-state index contributed by atoms with van der Waals surface area (Å²) in [4.78, 5) is 12.7. The minimum Gasteiger partial charge on any atom is -0.493 e. The van der Waals surface area contributed by atoms with Gasteiger partial charge in [0, 0.05) is 12.1 Å². The molecule has 2 rings (SSSR count). The number of amides is 1. The highest BCUT2D eigenvalue weighted by molar-refractivity contribution is 5.99. The van der Waals surface area contributed by atoms with Crippen LogP contribution >= 0.6 is 0 Å². The Morgan fingerprint density at radius 3 is 2.39 bits per heavy atom. The molecule has 0 spiro atoms. The Morgan fingerprint density at radius 2 is 1.83 bits per heavy atom. The number of rotatable bonds is 8. The van der Waals surface area contributed by atoms with Crippen molar-refractivity contribution in [1.82, 2.24) is 5.32 Å². The van der Waals surface area contributed by atoms with Gasteiger partial charge in [0.25, 0.3) is 5.91 Å². The fraction of sp³-hybridized carbons (Fsp3) is 0.588. The van der Waals surface area contributed by atoms with Gasteiger partial charge in [0.2, 0.25) is 18.3 Å². The molecule has 1 aliphatic rings. The van der Waals surface area contributed by atoms with E-state index >= 15 is 0 Å². The molecule has 1 heterocycles. The molecule has 0 saturated carbocycles. The summed E-state index contributed by atoms with van der Waals surface area (Å²) < 4.78 is 21.5. The van der Waals surface area contributed by atoms with Gasteiger partial charge in [0.05, 0.1) is 19.8 Å². The molecule has 0 aromatic heterocycles. The third kappa shape index (κ3) is 3.63. The maximum Gasteiger partial charge on any atom is 0.255 e. The van der Waals surface area contributed by atoms with E-state index in [-0.39, 0.29) is 18.7 Å². The van der Waals surface area contributed by atoms with Crippen LogP contribution in [-0.2, 0) is 0 Å². The lowest BCUT2D eigenvalue weighted by Crippen LogP contribution is -2.34. The number of fused-ring (bicyclic) bond motifs is 1. The van der Waals surface area contributed by atoms with Crippen LogP contribution in [0, 0.1) is 0 Å². The molecule has 6 heteroatoms. The average molecular weight is 323 g/mol. The van der Waals surface area contributed by atoms with E-state index in [1.54, 1.807) is 6.07 Å². The van der Waals surface area contributed by atoms with Gasteiger partial charge in [0.1, 0.15) is 0 Å². The zero-order chi connectivity index (χ0) is 16.8. The molecule has 0 aliphatic carbocycles. The molecule has 0 fully saturated rings. The fourth-order valence-electron chi connectivity index (χ4n) is 2.79. The Kier molecular flexibility index (Phi) is 5.96. The molecule has 23 heavy (non-hydrogen) atoms. The van der Waals surface area contributed by atoms with Crippen LogP contribution in [0.25, 0.3) is 0 Å². The van der Waals surface area contributed by atoms with Crippen LogP contribution in [0.2, 0.25) is 0 Å². The van der Waals surface area contributed by atoms with Crippen molar-refractivity contribution in [3.05, 3.63) is 11.6 Å². The van der Waals surface area contributed by atoms with Gasteiger partial charge in [0.15, 0.2) is 11.5 Å². The van der Waals surface area contributed by atoms with Crippen molar-refractivity contribution in [2.75, 3.05) is 21.0 Å². The summed E-state index contributed by atoms with van der Waals surface area (Å²) >= 11 is 0. The van der Waals surface area contributed by atoms with E-state index in [1.807, 2.05) is 0 Å². The van der Waals surface area contributed by atoms with E-state index in [9.17, 15) is 4.79 Å². The second-order valence-corrected chi connectivity index (χ2v) is 5.47. The first kappa shape index (κ1) is 17.2. The second-order valence-electron chi connectivity index (χ2n) is 5.47. The first-order valence-corrected chi connectivity index (χ1v) is 8.01. The Balaban J connectivity index is 2.32. The molecule has 0 radical (unpaired) electrons. The zero-order valence-electron chi connectivity index (χ0n) is 14.2. The molecule has 1 aromatic carbocycles. The first-order valence-electron chi connectivity index (χ1n) is 8.01. The smallest absolute Gasteiger partial charge is 0.255 e. The maximum absolute atomic E-state index is 12.7. The van der Waals surface area contributed by atoms with Crippen LogP contribution in [0.15, 0.2) is 6.07 Å². The van der Waals surface area contributed by atoms with Crippen LogP contribution in [0.3, 0.4) is 0 Å². The van der Waals surface area contributed by atoms with E-state index < -0.39 is 0 Å². The van der Waals surface area contributed by atoms with Crippen LogP contribution in [-0.4, -0.2) is 33.0 Å². The van der Waals surface area contributed by atoms with Crippen molar-refractivity contribution in [3.63, 3.8) is 0 Å². The molecule has 0 saturated heterocycles. The van der Waals surface area contributed by atoms with Crippen LogP contribution in [0.1, 0.15) is 49.9 Å². The van der Waals surface area contributed by atoms with Crippen molar-refractivity contribution >= 4 is 5.91 Å². The quantitative estimate of drug-likeness (QED) is 0.796. The van der Waals surface area contributed by atoms with Gasteiger partial charge in [-0.1, -0.05) is 26.7 Å². The molecule has 0 bridgehead atoms. The largest absolute Gasteiger partial charge is 0.493 e. The number of hydrogen-bond acceptors (Lipinski definition) is 5. The molecule has 1 N–H and O–H groups in total. The highest BCUT2D eigenvalue weighted by atomic mass is 16.7. The van der Waals surface area contributed by atoms with Crippen molar-refractivity contribution < 1.29 is 23.7 Å². The second kappa shape index (κ2) is 7.94. The van der Waals surface area contributed by atoms with Crippen LogP contribution in [0.4, 0.5) is 0 Å². The number of benzene rings is 1. The number of ether oxygens (including phenoxy) is 4. The van der Waals surface area contributed by atoms with Crippen LogP contribution < -0.4 is 24.3 Å². The van der Waals surface area contributed by atoms with Gasteiger partial charge in [-0.05, 0) is 12.8 Å². The number of carbonyl (C=O) groups is 1. The summed E-state index contributed by atoms with van der Waals surface area (Å²) in [6, 6.07) is 1.79. The molecular formula is C17H25NO5. The number of carbonyl (C=O) groups excluding carboxylic acids is 1. The molecule has 6 nitrogen and oxygen atoms in total. The predicted octanol–water partition coefficient (Wildman–Crippen LogP) is 3.13. The molecule has 1 aromatic rings. The summed E-state index contributed by atoms with van der Waals surface area (Å²) in [5.74, 6) is 1.54. The van der Waals surface area contributed by atoms with Gasteiger partial charge in [-0.25, -0.2) is 0 Å². The van der Waals surface area contributed by atoms with E-state index in [0.717, 1.165) is 25.7 Å². The van der Waals surface area contributed by atoms with E-state index in [0.29, 0.717) is 28.6 Å². The highest BCUT2D eigenvalue weighted by Crippen LogP contribution is 2.49. The highest BCUT2D eigenvalue weighted by Gasteiger charge is 2.30. The number of methoxy groups -OCH3 is 2. The Labute approximate surface area is 137 Å². The minimum absolute atomic E-state index is 0.0847. The SMILES string of the molecule is CCCC(CCC)NC(=O)c1cc(OC)c2c(c1OC)OCO2. The summed E-state index contributed by atoms with van der Waals surface area (Å²) in [7, 11) is 3.04. The first-order chi connectivity index (χ1) is 11.2. The Hall–Kier alpha value is -2.11. The summed E-state index contributed by atoms with van der Waals surface area (Å²) in [6.07, 6.45) is 3.94. The normalized spacial score (nSPS) is 12.4. The molecule has 0 atom stereocenters. The summed E-state index contributed by atoms with van der Waals surface area (Å²) in [5, 5.41) is 3.08. The van der Waals surface area contributed by atoms with Crippen molar-refractivity contribution in [2.45, 2.75) is 45.6 Å². The average Bonchev–Trinajstić information content (AvgIpc) is 3.03. The summed E-state index contributed by atoms with van der Waals surface area (Å²) in [6.45, 7) is 4.30. The van der Waals surface area contributed by atoms with Gasteiger partial charge in [-0.3, -0.25) is 4.79 Å². The minimum atomic E-state index is -0.189. The molecule has 1 aliphatic heterocycles.